The molecule has 1 aromatic rings. The van der Waals surface area contributed by atoms with Crippen molar-refractivity contribution in [3.05, 3.63) is 24.8 Å². The van der Waals surface area contributed by atoms with Crippen molar-refractivity contribution in [1.29, 1.82) is 0 Å². The van der Waals surface area contributed by atoms with Gasteiger partial charge in [-0.15, -0.1) is 9.79 Å². The largest absolute Gasteiger partial charge is 0.692 e. The van der Waals surface area contributed by atoms with E-state index < -0.39 is 18.7 Å². The highest BCUT2D eigenvalue weighted by Gasteiger charge is 1.93. The Bertz CT molecular complexity index is 316. The Kier molecular flexibility index (Phi) is 10.4. The summed E-state index contributed by atoms with van der Waals surface area (Å²) < 4.78 is 40.3. The zero-order valence-corrected chi connectivity index (χ0v) is 8.78. The van der Waals surface area contributed by atoms with Gasteiger partial charge in [0.1, 0.15) is 6.33 Å². The maximum absolute atomic E-state index is 8.74. The van der Waals surface area contributed by atoms with Crippen LogP contribution in [0.4, 0.5) is 0 Å². The molecule has 0 aliphatic rings. The van der Waals surface area contributed by atoms with Crippen molar-refractivity contribution in [3.8, 4) is 0 Å². The summed E-state index contributed by atoms with van der Waals surface area (Å²) >= 11 is 0. The Balaban J connectivity index is 0. The Morgan fingerprint density at radius 3 is 1.40 bits per heavy atom. The molecule has 0 bridgehead atoms. The van der Waals surface area contributed by atoms with Gasteiger partial charge in [0.05, 0.1) is 0 Å². The molecule has 0 aliphatic carbocycles. The second-order valence-corrected chi connectivity index (χ2v) is 3.01. The van der Waals surface area contributed by atoms with Crippen molar-refractivity contribution in [3.63, 3.8) is 0 Å². The van der Waals surface area contributed by atoms with Crippen LogP contribution in [0.5, 0.6) is 0 Å². The minimum atomic E-state index is -4.67. The lowest BCUT2D eigenvalue weighted by molar-refractivity contribution is 0.380. The number of nitrogens with zero attached hydrogens (tertiary/aromatic N) is 2. The number of hydrogen-bond acceptors (Lipinski definition) is 5. The van der Waals surface area contributed by atoms with E-state index in [1.54, 1.807) is 18.5 Å². The van der Waals surface area contributed by atoms with Crippen molar-refractivity contribution in [2.24, 2.45) is 0 Å². The molecule has 0 spiro atoms. The van der Waals surface area contributed by atoms with E-state index in [4.69, 9.17) is 31.9 Å². The van der Waals surface area contributed by atoms with Gasteiger partial charge in [0.25, 0.3) is 0 Å². The van der Waals surface area contributed by atoms with E-state index in [0.29, 0.717) is 0 Å². The maximum Gasteiger partial charge on any atom is 0.692 e. The molecule has 0 unspecified atom stereocenters. The summed E-state index contributed by atoms with van der Waals surface area (Å²) in [5.74, 6) is 0. The van der Waals surface area contributed by atoms with Crippen LogP contribution in [0.2, 0.25) is 0 Å². The predicted molar refractivity (Wildman–Crippen MR) is 48.3 cm³/mol. The van der Waals surface area contributed by atoms with E-state index in [1.165, 1.54) is 6.33 Å². The van der Waals surface area contributed by atoms with Crippen LogP contribution in [0.3, 0.4) is 0 Å². The van der Waals surface area contributed by atoms with Crippen LogP contribution in [0.25, 0.3) is 0 Å². The Labute approximate surface area is 86.0 Å². The van der Waals surface area contributed by atoms with Gasteiger partial charge in [-0.3, -0.25) is 9.11 Å². The normalized spacial score (nSPS) is 8.80. The van der Waals surface area contributed by atoms with Crippen LogP contribution in [0.1, 0.15) is 0 Å². The van der Waals surface area contributed by atoms with E-state index in [-0.39, 0.29) is 0 Å². The summed E-state index contributed by atoms with van der Waals surface area (Å²) in [4.78, 5) is 21.6. The van der Waals surface area contributed by atoms with Crippen LogP contribution in [0, 0.1) is 0 Å². The molecule has 4 N–H and O–H groups in total. The Morgan fingerprint density at radius 2 is 1.33 bits per heavy atom. The third kappa shape index (κ3) is 63.2. The Morgan fingerprint density at radius 1 is 1.07 bits per heavy atom. The van der Waals surface area contributed by atoms with E-state index >= 15 is 0 Å². The molecule has 0 radical (unpaired) electrons. The summed E-state index contributed by atoms with van der Waals surface area (Å²) in [6.07, 6.45) is 4.88. The van der Waals surface area contributed by atoms with Gasteiger partial charge < -0.3 is 0 Å². The lowest BCUT2D eigenvalue weighted by Gasteiger charge is -1.70. The predicted octanol–water partition coefficient (Wildman–Crippen LogP) is -0.548. The molecular weight excluding hydrogens is 251 g/mol. The minimum absolute atomic E-state index is 1.50. The van der Waals surface area contributed by atoms with Gasteiger partial charge in [0, 0.05) is 17.0 Å². The molecule has 9 nitrogen and oxygen atoms in total. The molecule has 15 heavy (non-hydrogen) atoms. The second-order valence-electron chi connectivity index (χ2n) is 1.60. The van der Waals surface area contributed by atoms with Gasteiger partial charge in [0.15, 0.2) is 0 Å². The summed E-state index contributed by atoms with van der Waals surface area (Å²) in [7, 11) is -7.54. The van der Waals surface area contributed by atoms with E-state index in [9.17, 15) is 0 Å². The SMILES string of the molecule is O=S(=O)(O)O.O=[P+](O)O.c1cncnc1. The molecule has 86 valence electrons. The van der Waals surface area contributed by atoms with E-state index in [0.717, 1.165) is 0 Å². The van der Waals surface area contributed by atoms with Gasteiger partial charge in [-0.2, -0.15) is 8.42 Å². The first-order valence-corrected chi connectivity index (χ1v) is 5.54. The van der Waals surface area contributed by atoms with E-state index in [2.05, 4.69) is 9.97 Å². The van der Waals surface area contributed by atoms with Gasteiger partial charge in [-0.05, 0) is 6.07 Å². The second kappa shape index (κ2) is 9.52. The molecule has 0 saturated carbocycles. The van der Waals surface area contributed by atoms with Crippen molar-refractivity contribution in [1.82, 2.24) is 9.97 Å². The van der Waals surface area contributed by atoms with Crippen molar-refractivity contribution >= 4 is 18.7 Å². The first kappa shape index (κ1) is 16.4. The maximum atomic E-state index is 8.74. The average Bonchev–Trinajstić information content (AvgIpc) is 2.03. The summed E-state index contributed by atoms with van der Waals surface area (Å²) in [5.41, 5.74) is 0. The number of aromatic nitrogens is 2. The van der Waals surface area contributed by atoms with Crippen LogP contribution >= 0.6 is 8.25 Å². The molecule has 1 heterocycles. The molecule has 1 aromatic heterocycles. The van der Waals surface area contributed by atoms with Gasteiger partial charge in [-0.25, -0.2) is 9.97 Å². The highest BCUT2D eigenvalue weighted by Crippen LogP contribution is 1.98. The van der Waals surface area contributed by atoms with Crippen molar-refractivity contribution in [2.45, 2.75) is 0 Å². The molecule has 0 amide bonds. The minimum Gasteiger partial charge on any atom is -0.264 e. The highest BCUT2D eigenvalue weighted by atomic mass is 32.3. The zero-order valence-electron chi connectivity index (χ0n) is 7.07. The molecule has 0 fully saturated rings. The van der Waals surface area contributed by atoms with Gasteiger partial charge in [-0.1, -0.05) is 0 Å². The quantitative estimate of drug-likeness (QED) is 0.354. The Hall–Kier alpha value is -1.03. The monoisotopic (exact) mass is 259 g/mol. The van der Waals surface area contributed by atoms with Crippen LogP contribution in [-0.4, -0.2) is 37.3 Å². The first-order chi connectivity index (χ1) is 6.73. The molecule has 0 aromatic carbocycles. The van der Waals surface area contributed by atoms with Gasteiger partial charge >= 0.3 is 18.7 Å². The fraction of sp³-hybridized carbons (Fsp3) is 0. The zero-order chi connectivity index (χ0) is 12.3. The molecule has 0 aliphatic heterocycles. The molecule has 0 atom stereocenters. The van der Waals surface area contributed by atoms with Crippen molar-refractivity contribution < 1.29 is 31.9 Å². The average molecular weight is 259 g/mol. The summed E-state index contributed by atoms with van der Waals surface area (Å²) in [6, 6.07) is 1.78. The molecule has 1 rings (SSSR count). The molecule has 0 saturated heterocycles. The summed E-state index contributed by atoms with van der Waals surface area (Å²) in [5, 5.41) is 0. The number of rotatable bonds is 0. The third-order valence-corrected chi connectivity index (χ3v) is 0.478. The fourth-order valence-electron chi connectivity index (χ4n) is 0.253. The van der Waals surface area contributed by atoms with Gasteiger partial charge in [0.2, 0.25) is 0 Å². The van der Waals surface area contributed by atoms with Crippen LogP contribution < -0.4 is 0 Å². The lowest BCUT2D eigenvalue weighted by Crippen LogP contribution is -1.89. The number of hydrogen-bond donors (Lipinski definition) is 4. The standard InChI is InChI=1S/C4H4N2.H2O4S.HO3P/c1-2-5-4-6-3-1;1-5(2,3)4;1-4(2)3/h1-4H;(H2,1,2,3,4);(H-,1,2,3)/p+1. The topological polar surface area (TPSA) is 158 Å². The fourth-order valence-corrected chi connectivity index (χ4v) is 0.253. The lowest BCUT2D eigenvalue weighted by atomic mass is 10.7. The first-order valence-electron chi connectivity index (χ1n) is 2.98. The van der Waals surface area contributed by atoms with Crippen molar-refractivity contribution in [2.75, 3.05) is 0 Å². The van der Waals surface area contributed by atoms with E-state index in [1.807, 2.05) is 0 Å². The molecular formula is C4H8N2O7PS+. The smallest absolute Gasteiger partial charge is 0.264 e. The van der Waals surface area contributed by atoms with Crippen LogP contribution in [-0.2, 0) is 15.0 Å². The van der Waals surface area contributed by atoms with Crippen LogP contribution in [0.15, 0.2) is 24.8 Å². The summed E-state index contributed by atoms with van der Waals surface area (Å²) in [6.45, 7) is 0. The molecule has 11 heteroatoms. The highest BCUT2D eigenvalue weighted by molar-refractivity contribution is 7.79. The third-order valence-electron chi connectivity index (χ3n) is 0.478.